The molecule has 6 heteroatoms. The fourth-order valence-corrected chi connectivity index (χ4v) is 2.03. The van der Waals surface area contributed by atoms with E-state index in [1.54, 1.807) is 37.3 Å². The van der Waals surface area contributed by atoms with Gasteiger partial charge in [-0.3, -0.25) is 0 Å². The van der Waals surface area contributed by atoms with Crippen molar-refractivity contribution in [2.75, 3.05) is 19.1 Å². The van der Waals surface area contributed by atoms with Crippen LogP contribution in [0.5, 0.6) is 5.75 Å². The van der Waals surface area contributed by atoms with Gasteiger partial charge in [-0.25, -0.2) is 4.39 Å². The zero-order chi connectivity index (χ0) is 15.4. The topological polar surface area (TPSA) is 71.1 Å². The van der Waals surface area contributed by atoms with Gasteiger partial charge in [0.15, 0.2) is 5.84 Å². The summed E-state index contributed by atoms with van der Waals surface area (Å²) >= 11 is 0. The second kappa shape index (κ2) is 6.13. The molecular formula is C15H16FN3O2. The Morgan fingerprint density at radius 1 is 1.24 bits per heavy atom. The molecule has 5 nitrogen and oxygen atoms in total. The van der Waals surface area contributed by atoms with Crippen molar-refractivity contribution in [3.05, 3.63) is 53.8 Å². The third kappa shape index (κ3) is 2.89. The zero-order valence-corrected chi connectivity index (χ0v) is 11.7. The van der Waals surface area contributed by atoms with Crippen LogP contribution in [-0.4, -0.2) is 25.2 Å². The fourth-order valence-electron chi connectivity index (χ4n) is 2.03. The molecule has 0 aliphatic carbocycles. The lowest BCUT2D eigenvalue weighted by Crippen LogP contribution is -2.16. The van der Waals surface area contributed by atoms with Crippen molar-refractivity contribution in [3.63, 3.8) is 0 Å². The number of rotatable bonds is 4. The van der Waals surface area contributed by atoms with Gasteiger partial charge in [0, 0.05) is 12.6 Å². The average Bonchev–Trinajstić information content (AvgIpc) is 2.53. The molecule has 0 fully saturated rings. The summed E-state index contributed by atoms with van der Waals surface area (Å²) in [7, 11) is 3.30. The molecule has 0 unspecified atom stereocenters. The highest BCUT2D eigenvalue weighted by Crippen LogP contribution is 2.33. The largest absolute Gasteiger partial charge is 0.495 e. The summed E-state index contributed by atoms with van der Waals surface area (Å²) in [5.41, 5.74) is 6.85. The van der Waals surface area contributed by atoms with Gasteiger partial charge >= 0.3 is 0 Å². The van der Waals surface area contributed by atoms with E-state index in [9.17, 15) is 4.39 Å². The molecule has 0 atom stereocenters. The van der Waals surface area contributed by atoms with Gasteiger partial charge < -0.3 is 20.6 Å². The molecule has 0 bridgehead atoms. The predicted octanol–water partition coefficient (Wildman–Crippen LogP) is 2.70. The first-order chi connectivity index (χ1) is 10.1. The normalized spacial score (nSPS) is 11.3. The molecule has 0 saturated heterocycles. The smallest absolute Gasteiger partial charge is 0.170 e. The maximum Gasteiger partial charge on any atom is 0.170 e. The SMILES string of the molecule is COc1ccccc1N(C)c1ccc(C(N)=NO)cc1F. The zero-order valence-electron chi connectivity index (χ0n) is 11.7. The van der Waals surface area contributed by atoms with Crippen LogP contribution in [0.4, 0.5) is 15.8 Å². The molecule has 0 amide bonds. The van der Waals surface area contributed by atoms with E-state index in [1.165, 1.54) is 6.07 Å². The van der Waals surface area contributed by atoms with Crippen LogP contribution in [0.3, 0.4) is 0 Å². The number of amidine groups is 1. The van der Waals surface area contributed by atoms with E-state index in [0.29, 0.717) is 17.0 Å². The number of para-hydroxylation sites is 2. The molecular weight excluding hydrogens is 273 g/mol. The van der Waals surface area contributed by atoms with Gasteiger partial charge in [-0.2, -0.15) is 0 Å². The Kier molecular flexibility index (Phi) is 4.27. The highest BCUT2D eigenvalue weighted by atomic mass is 19.1. The Morgan fingerprint density at radius 3 is 2.57 bits per heavy atom. The number of oxime groups is 1. The van der Waals surface area contributed by atoms with Crippen molar-refractivity contribution in [1.82, 2.24) is 0 Å². The van der Waals surface area contributed by atoms with Crippen LogP contribution in [-0.2, 0) is 0 Å². The average molecular weight is 289 g/mol. The van der Waals surface area contributed by atoms with E-state index in [-0.39, 0.29) is 5.84 Å². The third-order valence-electron chi connectivity index (χ3n) is 3.16. The summed E-state index contributed by atoms with van der Waals surface area (Å²) in [5, 5.41) is 11.5. The molecule has 0 aliphatic heterocycles. The number of hydrogen-bond acceptors (Lipinski definition) is 4. The summed E-state index contributed by atoms with van der Waals surface area (Å²) in [6.07, 6.45) is 0. The van der Waals surface area contributed by atoms with E-state index in [1.807, 2.05) is 18.2 Å². The summed E-state index contributed by atoms with van der Waals surface area (Å²) in [4.78, 5) is 1.67. The first-order valence-corrected chi connectivity index (χ1v) is 6.22. The molecule has 0 saturated carbocycles. The molecule has 0 heterocycles. The lowest BCUT2D eigenvalue weighted by Gasteiger charge is -2.22. The monoisotopic (exact) mass is 289 g/mol. The van der Waals surface area contributed by atoms with Crippen molar-refractivity contribution in [1.29, 1.82) is 0 Å². The molecule has 2 rings (SSSR count). The molecule has 3 N–H and O–H groups in total. The van der Waals surface area contributed by atoms with E-state index >= 15 is 0 Å². The number of hydrogen-bond donors (Lipinski definition) is 2. The first kappa shape index (κ1) is 14.6. The summed E-state index contributed by atoms with van der Waals surface area (Å²) in [5.74, 6) is 0.0211. The minimum atomic E-state index is -0.479. The van der Waals surface area contributed by atoms with Crippen molar-refractivity contribution in [2.45, 2.75) is 0 Å². The van der Waals surface area contributed by atoms with Crippen LogP contribution in [0, 0.1) is 5.82 Å². The summed E-state index contributed by atoms with van der Waals surface area (Å²) < 4.78 is 19.5. The van der Waals surface area contributed by atoms with Crippen LogP contribution in [0.1, 0.15) is 5.56 Å². The van der Waals surface area contributed by atoms with Crippen LogP contribution in [0.15, 0.2) is 47.6 Å². The van der Waals surface area contributed by atoms with Gasteiger partial charge in [0.1, 0.15) is 11.6 Å². The van der Waals surface area contributed by atoms with Crippen LogP contribution in [0.25, 0.3) is 0 Å². The molecule has 0 aliphatic rings. The standard InChI is InChI=1S/C15H16FN3O2/c1-19(13-5-3-4-6-14(13)21-2)12-8-7-10(9-11(12)16)15(17)18-20/h3-9,20H,1-2H3,(H2,17,18). The van der Waals surface area contributed by atoms with Crippen molar-refractivity contribution >= 4 is 17.2 Å². The highest BCUT2D eigenvalue weighted by Gasteiger charge is 2.14. The van der Waals surface area contributed by atoms with Gasteiger partial charge in [0.2, 0.25) is 0 Å². The lowest BCUT2D eigenvalue weighted by atomic mass is 10.1. The van der Waals surface area contributed by atoms with Crippen molar-refractivity contribution in [2.24, 2.45) is 10.9 Å². The minimum absolute atomic E-state index is 0.139. The summed E-state index contributed by atoms with van der Waals surface area (Å²) in [6, 6.07) is 11.7. The Balaban J connectivity index is 2.42. The Hall–Kier alpha value is -2.76. The minimum Gasteiger partial charge on any atom is -0.495 e. The molecule has 21 heavy (non-hydrogen) atoms. The number of nitrogens with two attached hydrogens (primary N) is 1. The Morgan fingerprint density at radius 2 is 1.95 bits per heavy atom. The molecule has 0 aromatic heterocycles. The Labute approximate surface area is 122 Å². The Bertz CT molecular complexity index is 674. The number of methoxy groups -OCH3 is 1. The lowest BCUT2D eigenvalue weighted by molar-refractivity contribution is 0.318. The number of nitrogens with zero attached hydrogens (tertiary/aromatic N) is 2. The quantitative estimate of drug-likeness (QED) is 0.393. The summed E-state index contributed by atoms with van der Waals surface area (Å²) in [6.45, 7) is 0. The second-order valence-corrected chi connectivity index (χ2v) is 4.38. The highest BCUT2D eigenvalue weighted by molar-refractivity contribution is 5.97. The maximum atomic E-state index is 14.2. The molecule has 2 aromatic rings. The van der Waals surface area contributed by atoms with Crippen molar-refractivity contribution in [3.8, 4) is 5.75 Å². The van der Waals surface area contributed by atoms with E-state index < -0.39 is 5.82 Å². The van der Waals surface area contributed by atoms with Gasteiger partial charge in [-0.1, -0.05) is 17.3 Å². The van der Waals surface area contributed by atoms with Crippen LogP contribution >= 0.6 is 0 Å². The maximum absolute atomic E-state index is 14.2. The van der Waals surface area contributed by atoms with Crippen molar-refractivity contribution < 1.29 is 14.3 Å². The van der Waals surface area contributed by atoms with Crippen LogP contribution in [0.2, 0.25) is 0 Å². The third-order valence-corrected chi connectivity index (χ3v) is 3.16. The number of benzene rings is 2. The van der Waals surface area contributed by atoms with Gasteiger partial charge in [-0.05, 0) is 30.3 Å². The molecule has 2 aromatic carbocycles. The van der Waals surface area contributed by atoms with Gasteiger partial charge in [-0.15, -0.1) is 0 Å². The molecule has 0 radical (unpaired) electrons. The van der Waals surface area contributed by atoms with E-state index in [2.05, 4.69) is 5.16 Å². The van der Waals surface area contributed by atoms with Gasteiger partial charge in [0.05, 0.1) is 18.5 Å². The first-order valence-electron chi connectivity index (χ1n) is 6.22. The predicted molar refractivity (Wildman–Crippen MR) is 80.0 cm³/mol. The molecule has 0 spiro atoms. The molecule has 110 valence electrons. The van der Waals surface area contributed by atoms with E-state index in [0.717, 1.165) is 5.69 Å². The fraction of sp³-hybridized carbons (Fsp3) is 0.133. The number of ether oxygens (including phenoxy) is 1. The van der Waals surface area contributed by atoms with Gasteiger partial charge in [0.25, 0.3) is 0 Å². The number of anilines is 2. The second-order valence-electron chi connectivity index (χ2n) is 4.38. The van der Waals surface area contributed by atoms with E-state index in [4.69, 9.17) is 15.7 Å². The number of halogens is 1. The van der Waals surface area contributed by atoms with Crippen LogP contribution < -0.4 is 15.4 Å².